The normalized spacial score (nSPS) is 11.8. The first kappa shape index (κ1) is 15.0. The first-order chi connectivity index (χ1) is 8.86. The number of anilines is 1. The zero-order chi connectivity index (χ0) is 14.6. The summed E-state index contributed by atoms with van der Waals surface area (Å²) in [7, 11) is 0. The van der Waals surface area contributed by atoms with Crippen LogP contribution in [0.5, 0.6) is 0 Å². The molecule has 1 aromatic rings. The van der Waals surface area contributed by atoms with E-state index in [1.165, 1.54) is 6.92 Å². The standard InChI is InChI=1S/C11H11F3N2O3/c1-2-19-11(18)9(15)10(17)16-7-4-5(12)3-6(13)8(7)14/h3-4,9H,2,15H2,1H3,(H,16,17). The molecule has 1 amide bonds. The highest BCUT2D eigenvalue weighted by molar-refractivity contribution is 6.08. The quantitative estimate of drug-likeness (QED) is 0.487. The highest BCUT2D eigenvalue weighted by Crippen LogP contribution is 2.19. The van der Waals surface area contributed by atoms with Crippen LogP contribution in [0.1, 0.15) is 6.92 Å². The van der Waals surface area contributed by atoms with Crippen LogP contribution in [-0.4, -0.2) is 24.5 Å². The van der Waals surface area contributed by atoms with E-state index in [0.717, 1.165) is 0 Å². The average Bonchev–Trinajstić information content (AvgIpc) is 2.34. The highest BCUT2D eigenvalue weighted by Gasteiger charge is 2.25. The van der Waals surface area contributed by atoms with E-state index < -0.39 is 41.1 Å². The van der Waals surface area contributed by atoms with Gasteiger partial charge in [-0.2, -0.15) is 0 Å². The third-order valence-electron chi connectivity index (χ3n) is 2.07. The Bertz CT molecular complexity index is 508. The predicted octanol–water partition coefficient (Wildman–Crippen LogP) is 0.933. The molecule has 0 saturated heterocycles. The maximum absolute atomic E-state index is 13.2. The number of halogens is 3. The Morgan fingerprint density at radius 1 is 1.37 bits per heavy atom. The van der Waals surface area contributed by atoms with Crippen molar-refractivity contribution in [2.24, 2.45) is 5.73 Å². The van der Waals surface area contributed by atoms with E-state index in [-0.39, 0.29) is 6.61 Å². The number of hydrogen-bond acceptors (Lipinski definition) is 4. The molecule has 0 aliphatic rings. The first-order valence-electron chi connectivity index (χ1n) is 5.24. The van der Waals surface area contributed by atoms with E-state index in [2.05, 4.69) is 4.74 Å². The van der Waals surface area contributed by atoms with Gasteiger partial charge in [0.05, 0.1) is 12.3 Å². The van der Waals surface area contributed by atoms with E-state index in [4.69, 9.17) is 5.73 Å². The smallest absolute Gasteiger partial charge is 0.332 e. The Balaban J connectivity index is 2.85. The molecule has 3 N–H and O–H groups in total. The summed E-state index contributed by atoms with van der Waals surface area (Å²) in [5.74, 6) is -6.18. The van der Waals surface area contributed by atoms with E-state index in [0.29, 0.717) is 12.1 Å². The van der Waals surface area contributed by atoms with Crippen molar-refractivity contribution in [1.29, 1.82) is 0 Å². The molecule has 0 heterocycles. The Kier molecular flexibility index (Phi) is 4.87. The molecular formula is C11H11F3N2O3. The monoisotopic (exact) mass is 276 g/mol. The van der Waals surface area contributed by atoms with Crippen molar-refractivity contribution in [2.45, 2.75) is 13.0 Å². The number of amides is 1. The summed E-state index contributed by atoms with van der Waals surface area (Å²) < 4.78 is 43.5. The third-order valence-corrected chi connectivity index (χ3v) is 2.07. The van der Waals surface area contributed by atoms with Crippen molar-refractivity contribution in [3.63, 3.8) is 0 Å². The Morgan fingerprint density at radius 2 is 2.00 bits per heavy atom. The molecule has 1 rings (SSSR count). The molecule has 104 valence electrons. The summed E-state index contributed by atoms with van der Waals surface area (Å²) in [6.07, 6.45) is 0. The largest absolute Gasteiger partial charge is 0.464 e. The molecule has 0 radical (unpaired) electrons. The van der Waals surface area contributed by atoms with Gasteiger partial charge >= 0.3 is 5.97 Å². The second-order valence-electron chi connectivity index (χ2n) is 3.47. The lowest BCUT2D eigenvalue weighted by molar-refractivity contribution is -0.146. The SMILES string of the molecule is CCOC(=O)C(N)C(=O)Nc1cc(F)cc(F)c1F. The molecule has 0 aliphatic heterocycles. The van der Waals surface area contributed by atoms with Crippen molar-refractivity contribution >= 4 is 17.6 Å². The molecule has 0 bridgehead atoms. The summed E-state index contributed by atoms with van der Waals surface area (Å²) in [5, 5.41) is 1.81. The maximum Gasteiger partial charge on any atom is 0.332 e. The molecule has 0 aromatic heterocycles. The zero-order valence-corrected chi connectivity index (χ0v) is 9.88. The fraction of sp³-hybridized carbons (Fsp3) is 0.273. The summed E-state index contributed by atoms with van der Waals surface area (Å²) in [6, 6.07) is -0.838. The molecule has 0 aliphatic carbocycles. The molecule has 8 heteroatoms. The molecule has 0 saturated carbocycles. The van der Waals surface area contributed by atoms with Crippen LogP contribution in [-0.2, 0) is 14.3 Å². The molecule has 5 nitrogen and oxygen atoms in total. The van der Waals surface area contributed by atoms with Gasteiger partial charge in [-0.1, -0.05) is 0 Å². The van der Waals surface area contributed by atoms with E-state index >= 15 is 0 Å². The third kappa shape index (κ3) is 3.68. The number of nitrogens with two attached hydrogens (primary N) is 1. The van der Waals surface area contributed by atoms with E-state index in [1.807, 2.05) is 5.32 Å². The highest BCUT2D eigenvalue weighted by atomic mass is 19.2. The van der Waals surface area contributed by atoms with Gasteiger partial charge in [0.15, 0.2) is 17.7 Å². The van der Waals surface area contributed by atoms with Crippen LogP contribution in [0.3, 0.4) is 0 Å². The number of carbonyl (C=O) groups excluding carboxylic acids is 2. The van der Waals surface area contributed by atoms with Gasteiger partial charge in [0.1, 0.15) is 5.82 Å². The molecule has 0 fully saturated rings. The van der Waals surface area contributed by atoms with Crippen LogP contribution >= 0.6 is 0 Å². The van der Waals surface area contributed by atoms with Crippen molar-refractivity contribution in [2.75, 3.05) is 11.9 Å². The minimum atomic E-state index is -1.72. The number of hydrogen-bond donors (Lipinski definition) is 2. The number of esters is 1. The number of carbonyl (C=O) groups is 2. The fourth-order valence-electron chi connectivity index (χ4n) is 1.20. The van der Waals surface area contributed by atoms with Crippen LogP contribution in [0, 0.1) is 17.5 Å². The topological polar surface area (TPSA) is 81.4 Å². The van der Waals surface area contributed by atoms with Crippen LogP contribution in [0.15, 0.2) is 12.1 Å². The predicted molar refractivity (Wildman–Crippen MR) is 59.6 cm³/mol. The lowest BCUT2D eigenvalue weighted by Crippen LogP contribution is -2.43. The molecule has 0 spiro atoms. The van der Waals surface area contributed by atoms with Gasteiger partial charge in [0.2, 0.25) is 0 Å². The fourth-order valence-corrected chi connectivity index (χ4v) is 1.20. The lowest BCUT2D eigenvalue weighted by atomic mass is 10.2. The summed E-state index contributed by atoms with van der Waals surface area (Å²) in [6.45, 7) is 1.51. The van der Waals surface area contributed by atoms with Gasteiger partial charge in [0, 0.05) is 12.1 Å². The molecule has 1 aromatic carbocycles. The Labute approximate surface area is 106 Å². The van der Waals surface area contributed by atoms with Crippen molar-refractivity contribution in [1.82, 2.24) is 0 Å². The first-order valence-corrected chi connectivity index (χ1v) is 5.24. The molecule has 19 heavy (non-hydrogen) atoms. The summed E-state index contributed by atoms with van der Waals surface area (Å²) in [4.78, 5) is 22.6. The van der Waals surface area contributed by atoms with Crippen molar-refractivity contribution in [3.8, 4) is 0 Å². The number of nitrogens with one attached hydrogen (secondary N) is 1. The van der Waals surface area contributed by atoms with E-state index in [1.54, 1.807) is 0 Å². The van der Waals surface area contributed by atoms with Crippen LogP contribution < -0.4 is 11.1 Å². The summed E-state index contributed by atoms with van der Waals surface area (Å²) in [5.41, 5.74) is 4.48. The number of ether oxygens (including phenoxy) is 1. The zero-order valence-electron chi connectivity index (χ0n) is 9.88. The molecule has 1 unspecified atom stereocenters. The maximum atomic E-state index is 13.2. The van der Waals surface area contributed by atoms with Gasteiger partial charge in [-0.15, -0.1) is 0 Å². The summed E-state index contributed by atoms with van der Waals surface area (Å²) >= 11 is 0. The van der Waals surface area contributed by atoms with Crippen LogP contribution in [0.2, 0.25) is 0 Å². The Morgan fingerprint density at radius 3 is 2.58 bits per heavy atom. The van der Waals surface area contributed by atoms with Crippen molar-refractivity contribution in [3.05, 3.63) is 29.6 Å². The molecule has 1 atom stereocenters. The lowest BCUT2D eigenvalue weighted by Gasteiger charge is -2.12. The number of benzene rings is 1. The minimum absolute atomic E-state index is 0.00275. The second kappa shape index (κ2) is 6.19. The van der Waals surface area contributed by atoms with Gasteiger partial charge in [-0.3, -0.25) is 4.79 Å². The van der Waals surface area contributed by atoms with Crippen molar-refractivity contribution < 1.29 is 27.5 Å². The van der Waals surface area contributed by atoms with Gasteiger partial charge in [-0.05, 0) is 6.92 Å². The van der Waals surface area contributed by atoms with E-state index in [9.17, 15) is 22.8 Å². The van der Waals surface area contributed by atoms with Gasteiger partial charge in [-0.25, -0.2) is 18.0 Å². The molecular weight excluding hydrogens is 265 g/mol. The second-order valence-corrected chi connectivity index (χ2v) is 3.47. The van der Waals surface area contributed by atoms with Crippen LogP contribution in [0.4, 0.5) is 18.9 Å². The Hall–Kier alpha value is -2.09. The number of rotatable bonds is 4. The average molecular weight is 276 g/mol. The minimum Gasteiger partial charge on any atom is -0.464 e. The van der Waals surface area contributed by atoms with Gasteiger partial charge in [0.25, 0.3) is 5.91 Å². The van der Waals surface area contributed by atoms with Crippen LogP contribution in [0.25, 0.3) is 0 Å². The van der Waals surface area contributed by atoms with Gasteiger partial charge < -0.3 is 15.8 Å².